The second kappa shape index (κ2) is 4.39. The number of imide groups is 1. The summed E-state index contributed by atoms with van der Waals surface area (Å²) >= 11 is 0. The van der Waals surface area contributed by atoms with Gasteiger partial charge >= 0.3 is 5.97 Å². The van der Waals surface area contributed by atoms with E-state index in [2.05, 4.69) is 4.74 Å². The number of aliphatic carboxylic acids is 1. The van der Waals surface area contributed by atoms with Crippen LogP contribution in [-0.4, -0.2) is 47.5 Å². The first-order valence-corrected chi connectivity index (χ1v) is 4.56. The minimum Gasteiger partial charge on any atom is -0.480 e. The third kappa shape index (κ3) is 2.15. The molecule has 0 spiro atoms. The first kappa shape index (κ1) is 11.6. The Labute approximate surface area is 86.8 Å². The lowest BCUT2D eigenvalue weighted by molar-refractivity contribution is -0.156. The highest BCUT2D eigenvalue weighted by Crippen LogP contribution is 2.21. The molecule has 1 saturated heterocycles. The van der Waals surface area contributed by atoms with Gasteiger partial charge in [-0.1, -0.05) is 6.92 Å². The summed E-state index contributed by atoms with van der Waals surface area (Å²) in [7, 11) is 1.32. The fourth-order valence-corrected chi connectivity index (χ4v) is 1.55. The molecular weight excluding hydrogens is 202 g/mol. The predicted molar refractivity (Wildman–Crippen MR) is 48.9 cm³/mol. The standard InChI is InChI=1S/C9H13NO5/c1-5-3-7(11)10(8(5)12)6(4-15-2)9(13)14/h5-6H,3-4H2,1-2H3,(H,13,14). The molecule has 0 aliphatic carbocycles. The van der Waals surface area contributed by atoms with Gasteiger partial charge in [0.1, 0.15) is 0 Å². The number of carbonyl (C=O) groups excluding carboxylic acids is 2. The van der Waals surface area contributed by atoms with Gasteiger partial charge in [0, 0.05) is 19.4 Å². The van der Waals surface area contributed by atoms with E-state index in [1.165, 1.54) is 7.11 Å². The van der Waals surface area contributed by atoms with Crippen molar-refractivity contribution in [3.63, 3.8) is 0 Å². The van der Waals surface area contributed by atoms with Crippen LogP contribution in [0.2, 0.25) is 0 Å². The van der Waals surface area contributed by atoms with Crippen molar-refractivity contribution in [2.24, 2.45) is 5.92 Å². The van der Waals surface area contributed by atoms with E-state index in [1.54, 1.807) is 6.92 Å². The number of nitrogens with zero attached hydrogens (tertiary/aromatic N) is 1. The van der Waals surface area contributed by atoms with Gasteiger partial charge in [0.25, 0.3) is 0 Å². The molecule has 6 heteroatoms. The summed E-state index contributed by atoms with van der Waals surface area (Å²) in [6, 6.07) is -1.21. The second-order valence-electron chi connectivity index (χ2n) is 3.52. The van der Waals surface area contributed by atoms with Crippen LogP contribution in [0, 0.1) is 5.92 Å². The molecule has 6 nitrogen and oxygen atoms in total. The van der Waals surface area contributed by atoms with Crippen molar-refractivity contribution in [2.75, 3.05) is 13.7 Å². The molecule has 84 valence electrons. The molecule has 1 aliphatic heterocycles. The van der Waals surface area contributed by atoms with Crippen molar-refractivity contribution >= 4 is 17.8 Å². The fraction of sp³-hybridized carbons (Fsp3) is 0.667. The number of carboxylic acid groups (broad SMARTS) is 1. The largest absolute Gasteiger partial charge is 0.480 e. The molecule has 15 heavy (non-hydrogen) atoms. The SMILES string of the molecule is COCC(C(=O)O)N1C(=O)CC(C)C1=O. The van der Waals surface area contributed by atoms with Gasteiger partial charge in [0.2, 0.25) is 11.8 Å². The minimum absolute atomic E-state index is 0.0757. The zero-order valence-electron chi connectivity index (χ0n) is 8.60. The third-order valence-electron chi connectivity index (χ3n) is 2.33. The van der Waals surface area contributed by atoms with Gasteiger partial charge in [-0.2, -0.15) is 0 Å². The maximum absolute atomic E-state index is 11.5. The van der Waals surface area contributed by atoms with Gasteiger partial charge in [0.15, 0.2) is 6.04 Å². The second-order valence-corrected chi connectivity index (χ2v) is 3.52. The normalized spacial score (nSPS) is 23.3. The zero-order valence-corrected chi connectivity index (χ0v) is 8.60. The maximum Gasteiger partial charge on any atom is 0.329 e. The predicted octanol–water partition coefficient (Wildman–Crippen LogP) is -0.519. The number of methoxy groups -OCH3 is 1. The Morgan fingerprint density at radius 3 is 2.60 bits per heavy atom. The van der Waals surface area contributed by atoms with Crippen LogP contribution in [0.25, 0.3) is 0 Å². The number of hydrogen-bond acceptors (Lipinski definition) is 4. The molecule has 1 aliphatic rings. The molecule has 1 fully saturated rings. The van der Waals surface area contributed by atoms with Crippen LogP contribution >= 0.6 is 0 Å². The molecule has 0 bridgehead atoms. The molecule has 0 aromatic carbocycles. The van der Waals surface area contributed by atoms with E-state index in [-0.39, 0.29) is 13.0 Å². The molecule has 0 radical (unpaired) electrons. The number of ether oxygens (including phenoxy) is 1. The highest BCUT2D eigenvalue weighted by molar-refractivity contribution is 6.06. The van der Waals surface area contributed by atoms with Gasteiger partial charge in [-0.15, -0.1) is 0 Å². The fourth-order valence-electron chi connectivity index (χ4n) is 1.55. The van der Waals surface area contributed by atoms with E-state index in [0.29, 0.717) is 0 Å². The Bertz CT molecular complexity index is 301. The smallest absolute Gasteiger partial charge is 0.329 e. The van der Waals surface area contributed by atoms with Gasteiger partial charge in [-0.3, -0.25) is 14.5 Å². The molecule has 1 rings (SSSR count). The summed E-state index contributed by atoms with van der Waals surface area (Å²) in [6.07, 6.45) is 0.0757. The Morgan fingerprint density at radius 1 is 1.67 bits per heavy atom. The van der Waals surface area contributed by atoms with Crippen LogP contribution in [0.3, 0.4) is 0 Å². The molecular formula is C9H13NO5. The van der Waals surface area contributed by atoms with Gasteiger partial charge in [-0.25, -0.2) is 4.79 Å². The summed E-state index contributed by atoms with van der Waals surface area (Å²) in [4.78, 5) is 34.6. The average Bonchev–Trinajstić information content (AvgIpc) is 2.38. The molecule has 2 amide bonds. The van der Waals surface area contributed by atoms with Crippen molar-refractivity contribution in [3.8, 4) is 0 Å². The van der Waals surface area contributed by atoms with Crippen LogP contribution < -0.4 is 0 Å². The van der Waals surface area contributed by atoms with Crippen LogP contribution in [-0.2, 0) is 19.1 Å². The quantitative estimate of drug-likeness (QED) is 0.638. The summed E-state index contributed by atoms with van der Waals surface area (Å²) < 4.78 is 4.68. The van der Waals surface area contributed by atoms with Crippen molar-refractivity contribution in [1.29, 1.82) is 0 Å². The molecule has 0 aromatic rings. The van der Waals surface area contributed by atoms with Crippen LogP contribution in [0.1, 0.15) is 13.3 Å². The number of hydrogen-bond donors (Lipinski definition) is 1. The molecule has 2 unspecified atom stereocenters. The monoisotopic (exact) mass is 215 g/mol. The van der Waals surface area contributed by atoms with Crippen molar-refractivity contribution in [1.82, 2.24) is 4.90 Å². The van der Waals surface area contributed by atoms with Crippen molar-refractivity contribution in [3.05, 3.63) is 0 Å². The number of likely N-dealkylation sites (tertiary alicyclic amines) is 1. The molecule has 2 atom stereocenters. The van der Waals surface area contributed by atoms with E-state index < -0.39 is 29.7 Å². The highest BCUT2D eigenvalue weighted by Gasteiger charge is 2.42. The van der Waals surface area contributed by atoms with E-state index >= 15 is 0 Å². The van der Waals surface area contributed by atoms with E-state index in [9.17, 15) is 14.4 Å². The number of rotatable bonds is 4. The Morgan fingerprint density at radius 2 is 2.27 bits per heavy atom. The lowest BCUT2D eigenvalue weighted by Crippen LogP contribution is -2.47. The van der Waals surface area contributed by atoms with Crippen molar-refractivity contribution < 1.29 is 24.2 Å². The summed E-state index contributed by atoms with van der Waals surface area (Å²) in [5.41, 5.74) is 0. The summed E-state index contributed by atoms with van der Waals surface area (Å²) in [5, 5.41) is 8.86. The lowest BCUT2D eigenvalue weighted by Gasteiger charge is -2.21. The summed E-state index contributed by atoms with van der Waals surface area (Å²) in [6.45, 7) is 1.42. The lowest BCUT2D eigenvalue weighted by atomic mass is 10.1. The summed E-state index contributed by atoms with van der Waals surface area (Å²) in [5.74, 6) is -2.55. The van der Waals surface area contributed by atoms with E-state index in [0.717, 1.165) is 4.90 Å². The average molecular weight is 215 g/mol. The van der Waals surface area contributed by atoms with Gasteiger partial charge < -0.3 is 9.84 Å². The first-order valence-electron chi connectivity index (χ1n) is 4.56. The van der Waals surface area contributed by atoms with E-state index in [1.807, 2.05) is 0 Å². The van der Waals surface area contributed by atoms with Crippen LogP contribution in [0.15, 0.2) is 0 Å². The number of carboxylic acids is 1. The van der Waals surface area contributed by atoms with Crippen LogP contribution in [0.4, 0.5) is 0 Å². The molecule has 1 N–H and O–H groups in total. The van der Waals surface area contributed by atoms with Gasteiger partial charge in [-0.05, 0) is 0 Å². The third-order valence-corrected chi connectivity index (χ3v) is 2.33. The Balaban J connectivity index is 2.88. The highest BCUT2D eigenvalue weighted by atomic mass is 16.5. The number of carbonyl (C=O) groups is 3. The number of amides is 2. The minimum atomic E-state index is -1.23. The van der Waals surface area contributed by atoms with E-state index in [4.69, 9.17) is 5.11 Å². The maximum atomic E-state index is 11.5. The van der Waals surface area contributed by atoms with Crippen LogP contribution in [0.5, 0.6) is 0 Å². The van der Waals surface area contributed by atoms with Gasteiger partial charge in [0.05, 0.1) is 6.61 Å². The molecule has 0 aromatic heterocycles. The Hall–Kier alpha value is -1.43. The Kier molecular flexibility index (Phi) is 3.41. The van der Waals surface area contributed by atoms with Crippen molar-refractivity contribution in [2.45, 2.75) is 19.4 Å². The molecule has 0 saturated carbocycles. The molecule has 1 heterocycles. The topological polar surface area (TPSA) is 83.9 Å². The first-order chi connectivity index (χ1) is 6.99. The zero-order chi connectivity index (χ0) is 11.6.